The van der Waals surface area contributed by atoms with E-state index >= 15 is 0 Å². The van der Waals surface area contributed by atoms with Crippen molar-refractivity contribution in [2.45, 2.75) is 25.7 Å². The molecule has 0 radical (unpaired) electrons. The number of benzene rings is 1. The van der Waals surface area contributed by atoms with E-state index in [1.54, 1.807) is 0 Å². The Hall–Kier alpha value is -1.64. The molecule has 0 spiro atoms. The highest BCUT2D eigenvalue weighted by atomic mass is 19.4. The van der Waals surface area contributed by atoms with E-state index in [-0.39, 0.29) is 5.56 Å². The van der Waals surface area contributed by atoms with E-state index < -0.39 is 30.3 Å². The van der Waals surface area contributed by atoms with E-state index in [0.717, 1.165) is 18.2 Å². The summed E-state index contributed by atoms with van der Waals surface area (Å²) in [5.74, 6) is -1.21. The predicted molar refractivity (Wildman–Crippen MR) is 57.3 cm³/mol. The third kappa shape index (κ3) is 5.16. The summed E-state index contributed by atoms with van der Waals surface area (Å²) >= 11 is 0. The minimum Gasteiger partial charge on any atom is -0.406 e. The molecule has 0 aromatic heterocycles. The topological polar surface area (TPSA) is 30.5 Å². The van der Waals surface area contributed by atoms with Gasteiger partial charge in [0, 0.05) is 11.6 Å². The first kappa shape index (κ1) is 16.4. The third-order valence-electron chi connectivity index (χ3n) is 2.34. The molecular weight excluding hydrogens is 292 g/mol. The van der Waals surface area contributed by atoms with Crippen LogP contribution in [0.15, 0.2) is 18.2 Å². The predicted octanol–water partition coefficient (Wildman–Crippen LogP) is 3.76. The molecule has 0 amide bonds. The van der Waals surface area contributed by atoms with Crippen molar-refractivity contribution in [2.75, 3.05) is 7.05 Å². The molecule has 20 heavy (non-hydrogen) atoms. The second-order valence-corrected chi connectivity index (χ2v) is 3.81. The molecule has 1 rings (SSSR count). The van der Waals surface area contributed by atoms with Gasteiger partial charge < -0.3 is 14.8 Å². The third-order valence-corrected chi connectivity index (χ3v) is 2.34. The number of alkyl halides is 6. The Morgan fingerprint density at radius 1 is 1.00 bits per heavy atom. The van der Waals surface area contributed by atoms with Crippen molar-refractivity contribution >= 4 is 0 Å². The van der Waals surface area contributed by atoms with Crippen LogP contribution in [0.5, 0.6) is 11.5 Å². The van der Waals surface area contributed by atoms with Gasteiger partial charge in [-0.1, -0.05) is 0 Å². The molecule has 1 unspecified atom stereocenters. The maximum absolute atomic E-state index is 12.2. The molecule has 3 nitrogen and oxygen atoms in total. The molecule has 0 heterocycles. The molecule has 1 aromatic carbocycles. The molecule has 0 saturated heterocycles. The first-order valence-corrected chi connectivity index (χ1v) is 5.34. The number of nitrogens with one attached hydrogen (secondary N) is 1. The first-order chi connectivity index (χ1) is 9.02. The van der Waals surface area contributed by atoms with E-state index in [2.05, 4.69) is 14.8 Å². The van der Waals surface area contributed by atoms with Gasteiger partial charge in [0.05, 0.1) is 0 Å². The normalized spacial score (nSPS) is 14.0. The maximum Gasteiger partial charge on any atom is 0.573 e. The Bertz CT molecular complexity index is 457. The van der Waals surface area contributed by atoms with Crippen LogP contribution in [-0.4, -0.2) is 19.8 Å². The Balaban J connectivity index is 3.13. The van der Waals surface area contributed by atoms with Crippen LogP contribution in [-0.2, 0) is 0 Å². The Labute approximate surface area is 110 Å². The summed E-state index contributed by atoms with van der Waals surface area (Å²) in [6.45, 7) is 1.47. The van der Waals surface area contributed by atoms with Crippen LogP contribution in [0.1, 0.15) is 18.5 Å². The summed E-state index contributed by atoms with van der Waals surface area (Å²) < 4.78 is 80.3. The van der Waals surface area contributed by atoms with Crippen molar-refractivity contribution < 1.29 is 35.8 Å². The monoisotopic (exact) mass is 303 g/mol. The molecule has 0 bridgehead atoms. The number of rotatable bonds is 4. The van der Waals surface area contributed by atoms with Crippen LogP contribution in [0.25, 0.3) is 0 Å². The highest BCUT2D eigenvalue weighted by molar-refractivity contribution is 5.42. The van der Waals surface area contributed by atoms with E-state index in [1.165, 1.54) is 14.0 Å². The van der Waals surface area contributed by atoms with Crippen molar-refractivity contribution in [2.24, 2.45) is 0 Å². The van der Waals surface area contributed by atoms with Crippen LogP contribution < -0.4 is 14.8 Å². The van der Waals surface area contributed by atoms with Crippen LogP contribution in [0.3, 0.4) is 0 Å². The van der Waals surface area contributed by atoms with Gasteiger partial charge in [0.2, 0.25) is 0 Å². The lowest BCUT2D eigenvalue weighted by Crippen LogP contribution is -2.21. The van der Waals surface area contributed by atoms with E-state index in [9.17, 15) is 26.3 Å². The lowest BCUT2D eigenvalue weighted by atomic mass is 10.1. The average molecular weight is 303 g/mol. The van der Waals surface area contributed by atoms with Crippen molar-refractivity contribution in [3.05, 3.63) is 23.8 Å². The maximum atomic E-state index is 12.2. The molecule has 0 aliphatic rings. The molecule has 0 aliphatic carbocycles. The quantitative estimate of drug-likeness (QED) is 0.859. The molecule has 0 fully saturated rings. The van der Waals surface area contributed by atoms with E-state index in [0.29, 0.717) is 0 Å². The molecule has 9 heteroatoms. The van der Waals surface area contributed by atoms with Crippen LogP contribution in [0.4, 0.5) is 26.3 Å². The first-order valence-electron chi connectivity index (χ1n) is 5.34. The second-order valence-electron chi connectivity index (χ2n) is 3.81. The van der Waals surface area contributed by atoms with Crippen molar-refractivity contribution in [1.29, 1.82) is 0 Å². The second kappa shape index (κ2) is 5.78. The van der Waals surface area contributed by atoms with Gasteiger partial charge in [0.15, 0.2) is 0 Å². The zero-order valence-corrected chi connectivity index (χ0v) is 10.4. The summed E-state index contributed by atoms with van der Waals surface area (Å²) in [5.41, 5.74) is -0.105. The number of hydrogen-bond acceptors (Lipinski definition) is 3. The number of halogens is 6. The fourth-order valence-electron chi connectivity index (χ4n) is 1.44. The standard InChI is InChI=1S/C11H11F6NO2/c1-6(18-2)8-5-7(19-10(12,13)14)3-4-9(8)20-11(15,16)17/h3-6,18H,1-2H3. The largest absolute Gasteiger partial charge is 0.573 e. The lowest BCUT2D eigenvalue weighted by molar-refractivity contribution is -0.277. The van der Waals surface area contributed by atoms with Gasteiger partial charge in [-0.15, -0.1) is 26.3 Å². The summed E-state index contributed by atoms with van der Waals surface area (Å²) in [6.07, 6.45) is -9.86. The molecule has 1 aromatic rings. The minimum atomic E-state index is -4.94. The van der Waals surface area contributed by atoms with Crippen molar-refractivity contribution in [1.82, 2.24) is 5.32 Å². The Morgan fingerprint density at radius 3 is 2.00 bits per heavy atom. The summed E-state index contributed by atoms with van der Waals surface area (Å²) in [6, 6.07) is 1.71. The van der Waals surface area contributed by atoms with Crippen molar-refractivity contribution in [3.63, 3.8) is 0 Å². The van der Waals surface area contributed by atoms with Gasteiger partial charge in [-0.05, 0) is 32.2 Å². The molecule has 0 saturated carbocycles. The van der Waals surface area contributed by atoms with Gasteiger partial charge in [0.25, 0.3) is 0 Å². The van der Waals surface area contributed by atoms with E-state index in [4.69, 9.17) is 0 Å². The lowest BCUT2D eigenvalue weighted by Gasteiger charge is -2.19. The van der Waals surface area contributed by atoms with Gasteiger partial charge in [-0.2, -0.15) is 0 Å². The summed E-state index contributed by atoms with van der Waals surface area (Å²) in [7, 11) is 1.44. The zero-order chi connectivity index (χ0) is 15.6. The minimum absolute atomic E-state index is 0.105. The fourth-order valence-corrected chi connectivity index (χ4v) is 1.44. The van der Waals surface area contributed by atoms with Gasteiger partial charge >= 0.3 is 12.7 Å². The highest BCUT2D eigenvalue weighted by Gasteiger charge is 2.34. The molecule has 1 atom stereocenters. The molecule has 1 N–H and O–H groups in total. The van der Waals surface area contributed by atoms with Crippen molar-refractivity contribution in [3.8, 4) is 11.5 Å². The molecule has 0 aliphatic heterocycles. The SMILES string of the molecule is CNC(C)c1cc(OC(F)(F)F)ccc1OC(F)(F)F. The summed E-state index contributed by atoms with van der Waals surface area (Å²) in [4.78, 5) is 0. The number of ether oxygens (including phenoxy) is 2. The highest BCUT2D eigenvalue weighted by Crippen LogP contribution is 2.34. The fraction of sp³-hybridized carbons (Fsp3) is 0.455. The molecule has 114 valence electrons. The Kier molecular flexibility index (Phi) is 4.74. The van der Waals surface area contributed by atoms with Gasteiger partial charge in [0.1, 0.15) is 11.5 Å². The average Bonchev–Trinajstić information content (AvgIpc) is 2.26. The smallest absolute Gasteiger partial charge is 0.406 e. The molecular formula is C11H11F6NO2. The zero-order valence-electron chi connectivity index (χ0n) is 10.4. The van der Waals surface area contributed by atoms with Crippen LogP contribution in [0.2, 0.25) is 0 Å². The van der Waals surface area contributed by atoms with Crippen LogP contribution >= 0.6 is 0 Å². The van der Waals surface area contributed by atoms with Gasteiger partial charge in [-0.25, -0.2) is 0 Å². The van der Waals surface area contributed by atoms with Gasteiger partial charge in [-0.3, -0.25) is 0 Å². The Morgan fingerprint density at radius 2 is 1.55 bits per heavy atom. The van der Waals surface area contributed by atoms with Crippen LogP contribution in [0, 0.1) is 0 Å². The summed E-state index contributed by atoms with van der Waals surface area (Å²) in [5, 5.41) is 2.61. The van der Waals surface area contributed by atoms with E-state index in [1.807, 2.05) is 0 Å². The number of hydrogen-bond donors (Lipinski definition) is 1.